The number of ether oxygens (including phenoxy) is 1. The van der Waals surface area contributed by atoms with Crippen LogP contribution in [0.4, 0.5) is 0 Å². The molecule has 4 atom stereocenters. The van der Waals surface area contributed by atoms with Gasteiger partial charge < -0.3 is 13.8 Å². The van der Waals surface area contributed by atoms with Crippen molar-refractivity contribution in [2.75, 3.05) is 6.61 Å². The van der Waals surface area contributed by atoms with Crippen LogP contribution in [-0.2, 0) is 13.8 Å². The molecule has 9 nitrogen and oxygen atoms in total. The quantitative estimate of drug-likeness (QED) is 0.439. The molecule has 1 saturated heterocycles. The van der Waals surface area contributed by atoms with Crippen LogP contribution in [0, 0.1) is 18.3 Å². The third-order valence-corrected chi connectivity index (χ3v) is 7.08. The Labute approximate surface area is 178 Å². The number of aromatic amines is 1. The van der Waals surface area contributed by atoms with Gasteiger partial charge in [-0.25, -0.2) is 9.46 Å². The minimum Gasteiger partial charge on any atom is -0.352 e. The van der Waals surface area contributed by atoms with Crippen molar-refractivity contribution in [1.29, 1.82) is 5.26 Å². The molecule has 10 heteroatoms. The molecule has 2 heterocycles. The van der Waals surface area contributed by atoms with Crippen molar-refractivity contribution in [2.24, 2.45) is 0 Å². The Morgan fingerprint density at radius 3 is 2.60 bits per heavy atom. The van der Waals surface area contributed by atoms with Crippen LogP contribution in [-0.4, -0.2) is 45.1 Å². The zero-order valence-electron chi connectivity index (χ0n) is 18.6. The number of nitriles is 1. The molecule has 0 aromatic carbocycles. The average molecular weight is 440 g/mol. The number of nitrogens with zero attached hydrogens (tertiary/aromatic N) is 3. The highest BCUT2D eigenvalue weighted by molar-refractivity contribution is 7.44. The molecule has 2 rings (SSSR count). The molecular formula is C20H33N4O5P. The van der Waals surface area contributed by atoms with Gasteiger partial charge in [-0.15, -0.1) is 0 Å². The first-order chi connectivity index (χ1) is 14.2. The van der Waals surface area contributed by atoms with Crippen molar-refractivity contribution in [1.82, 2.24) is 14.2 Å². The van der Waals surface area contributed by atoms with Crippen molar-refractivity contribution in [2.45, 2.75) is 91.3 Å². The van der Waals surface area contributed by atoms with Crippen molar-refractivity contribution < 1.29 is 13.8 Å². The summed E-state index contributed by atoms with van der Waals surface area (Å²) in [6, 6.07) is 2.49. The number of rotatable bonds is 10. The molecule has 1 aromatic heterocycles. The Morgan fingerprint density at radius 2 is 2.03 bits per heavy atom. The van der Waals surface area contributed by atoms with Crippen LogP contribution in [0.1, 0.15) is 65.7 Å². The maximum absolute atomic E-state index is 12.3. The molecule has 0 aliphatic carbocycles. The Bertz CT molecular complexity index is 839. The molecule has 1 aliphatic heterocycles. The number of nitrogens with one attached hydrogen (secondary N) is 1. The number of H-pyrrole nitrogens is 1. The average Bonchev–Trinajstić information content (AvgIpc) is 3.06. The fourth-order valence-corrected chi connectivity index (χ4v) is 5.31. The summed E-state index contributed by atoms with van der Waals surface area (Å²) in [5.74, 6) is 0. The molecule has 0 radical (unpaired) electrons. The molecule has 0 amide bonds. The first kappa shape index (κ1) is 24.7. The van der Waals surface area contributed by atoms with E-state index in [1.54, 1.807) is 6.92 Å². The second-order valence-electron chi connectivity index (χ2n) is 7.94. The van der Waals surface area contributed by atoms with E-state index < -0.39 is 26.0 Å². The fraction of sp³-hybridized carbons (Fsp3) is 0.750. The summed E-state index contributed by atoms with van der Waals surface area (Å²) in [5.41, 5.74) is -0.443. The molecule has 1 unspecified atom stereocenters. The van der Waals surface area contributed by atoms with E-state index in [4.69, 9.17) is 19.0 Å². The molecule has 0 spiro atoms. The van der Waals surface area contributed by atoms with Crippen LogP contribution in [0.5, 0.6) is 0 Å². The summed E-state index contributed by atoms with van der Waals surface area (Å²) in [5, 5.41) is 8.87. The molecular weight excluding hydrogens is 407 g/mol. The summed E-state index contributed by atoms with van der Waals surface area (Å²) in [7, 11) is -1.41. The van der Waals surface area contributed by atoms with Crippen LogP contribution in [0.2, 0.25) is 0 Å². The lowest BCUT2D eigenvalue weighted by Crippen LogP contribution is -2.35. The summed E-state index contributed by atoms with van der Waals surface area (Å²) >= 11 is 0. The van der Waals surface area contributed by atoms with Gasteiger partial charge in [0.2, 0.25) is 0 Å². The minimum atomic E-state index is -1.41. The second kappa shape index (κ2) is 11.2. The first-order valence-corrected chi connectivity index (χ1v) is 11.5. The van der Waals surface area contributed by atoms with E-state index in [9.17, 15) is 9.59 Å². The lowest BCUT2D eigenvalue weighted by atomic mass is 10.1. The minimum absolute atomic E-state index is 0.195. The number of hydrogen-bond acceptors (Lipinski definition) is 7. The van der Waals surface area contributed by atoms with Crippen LogP contribution in [0.3, 0.4) is 0 Å². The van der Waals surface area contributed by atoms with Gasteiger partial charge in [-0.1, -0.05) is 6.92 Å². The van der Waals surface area contributed by atoms with E-state index in [2.05, 4.69) is 43.4 Å². The monoisotopic (exact) mass is 440 g/mol. The third-order valence-electron chi connectivity index (χ3n) is 4.93. The first-order valence-electron chi connectivity index (χ1n) is 10.4. The normalized spacial score (nSPS) is 22.7. The molecule has 1 aromatic rings. The lowest BCUT2D eigenvalue weighted by molar-refractivity contribution is -0.0202. The van der Waals surface area contributed by atoms with E-state index in [1.807, 2.05) is 6.92 Å². The van der Waals surface area contributed by atoms with Crippen molar-refractivity contribution in [3.8, 4) is 6.07 Å². The van der Waals surface area contributed by atoms with Crippen molar-refractivity contribution in [3.63, 3.8) is 0 Å². The number of aromatic nitrogens is 2. The van der Waals surface area contributed by atoms with Crippen LogP contribution < -0.4 is 11.2 Å². The Balaban J connectivity index is 2.24. The molecule has 0 bridgehead atoms. The Kier molecular flexibility index (Phi) is 9.20. The van der Waals surface area contributed by atoms with Gasteiger partial charge in [0.25, 0.3) is 14.1 Å². The van der Waals surface area contributed by atoms with Gasteiger partial charge in [-0.2, -0.15) is 5.26 Å². The Morgan fingerprint density at radius 1 is 1.37 bits per heavy atom. The molecule has 1 fully saturated rings. The van der Waals surface area contributed by atoms with Crippen LogP contribution in [0.25, 0.3) is 0 Å². The third kappa shape index (κ3) is 5.99. The molecule has 1 aliphatic rings. The highest BCUT2D eigenvalue weighted by Gasteiger charge is 2.40. The Hall–Kier alpha value is -1.56. The van der Waals surface area contributed by atoms with Gasteiger partial charge >= 0.3 is 5.69 Å². The summed E-state index contributed by atoms with van der Waals surface area (Å²) in [6.45, 7) is 12.3. The fourth-order valence-electron chi connectivity index (χ4n) is 3.55. The highest BCUT2D eigenvalue weighted by Crippen LogP contribution is 2.50. The summed E-state index contributed by atoms with van der Waals surface area (Å²) in [4.78, 5) is 26.3. The number of aryl methyl sites for hydroxylation is 1. The standard InChI is InChI=1S/C20H33N4O5P/c1-7-16-17(11-18(28-16)23-12-15(6)19(25)22-20(23)26)29-30(27-10-8-9-21)24(13(2)3)14(4)5/h12-14,16-18H,7-8,10-11H2,1-6H3,(H,22,25,26)/t16-,17-,18-,30?/m0/s1. The summed E-state index contributed by atoms with van der Waals surface area (Å²) in [6.07, 6.45) is 2.00. The zero-order valence-corrected chi connectivity index (χ0v) is 19.5. The topological polar surface area (TPSA) is 110 Å². The molecule has 0 saturated carbocycles. The smallest absolute Gasteiger partial charge is 0.330 e. The van der Waals surface area contributed by atoms with E-state index in [-0.39, 0.29) is 24.3 Å². The maximum Gasteiger partial charge on any atom is 0.330 e. The summed E-state index contributed by atoms with van der Waals surface area (Å²) < 4.78 is 22.1. The molecule has 30 heavy (non-hydrogen) atoms. The maximum atomic E-state index is 12.3. The van der Waals surface area contributed by atoms with E-state index >= 15 is 0 Å². The van der Waals surface area contributed by atoms with Gasteiger partial charge in [0.1, 0.15) is 6.23 Å². The molecule has 168 valence electrons. The van der Waals surface area contributed by atoms with Gasteiger partial charge in [0.15, 0.2) is 0 Å². The zero-order chi connectivity index (χ0) is 22.4. The van der Waals surface area contributed by atoms with Crippen LogP contribution >= 0.6 is 8.53 Å². The van der Waals surface area contributed by atoms with Gasteiger partial charge in [0.05, 0.1) is 31.3 Å². The number of hydrogen-bond donors (Lipinski definition) is 1. The molecule has 1 N–H and O–H groups in total. The van der Waals surface area contributed by atoms with Gasteiger partial charge in [-0.3, -0.25) is 14.3 Å². The van der Waals surface area contributed by atoms with E-state index in [1.165, 1.54) is 10.8 Å². The lowest BCUT2D eigenvalue weighted by Gasteiger charge is -2.37. The van der Waals surface area contributed by atoms with Crippen LogP contribution in [0.15, 0.2) is 15.8 Å². The van der Waals surface area contributed by atoms with Gasteiger partial charge in [-0.05, 0) is 41.0 Å². The SMILES string of the molecule is CC[C@@H]1O[C@H](n2cc(C)c(=O)[nH]c2=O)C[C@@H]1OP(OCCC#N)N(C(C)C)C(C)C. The van der Waals surface area contributed by atoms with Gasteiger partial charge in [0, 0.05) is 30.3 Å². The van der Waals surface area contributed by atoms with E-state index in [0.29, 0.717) is 31.4 Å². The van der Waals surface area contributed by atoms with Crippen molar-refractivity contribution in [3.05, 3.63) is 32.6 Å². The highest BCUT2D eigenvalue weighted by atomic mass is 31.2. The predicted molar refractivity (Wildman–Crippen MR) is 115 cm³/mol. The van der Waals surface area contributed by atoms with E-state index in [0.717, 1.165) is 0 Å². The largest absolute Gasteiger partial charge is 0.352 e. The van der Waals surface area contributed by atoms with Crippen molar-refractivity contribution >= 4 is 8.53 Å². The second-order valence-corrected chi connectivity index (χ2v) is 9.35. The predicted octanol–water partition coefficient (Wildman–Crippen LogP) is 3.20.